The molecule has 2 aromatic carbocycles. The van der Waals surface area contributed by atoms with Gasteiger partial charge in [-0.25, -0.2) is 17.2 Å². The molecule has 172 valence electrons. The minimum Gasteiger partial charge on any atom is -0.396 e. The smallest absolute Gasteiger partial charge is 0.396 e. The minimum absolute atomic E-state index is 0.134. The Morgan fingerprint density at radius 2 is 1.65 bits per heavy atom. The average molecular weight is 505 g/mol. The molecule has 0 saturated heterocycles. The van der Waals surface area contributed by atoms with E-state index in [0.717, 1.165) is 18.2 Å². The number of nitrogens with one attached hydrogen (secondary N) is 1. The van der Waals surface area contributed by atoms with Crippen molar-refractivity contribution in [2.75, 3.05) is 16.8 Å². The molecule has 0 bridgehead atoms. The predicted octanol–water partition coefficient (Wildman–Crippen LogP) is 5.39. The van der Waals surface area contributed by atoms with Crippen LogP contribution in [-0.4, -0.2) is 26.3 Å². The summed E-state index contributed by atoms with van der Waals surface area (Å²) in [6.07, 6.45) is -4.24. The van der Waals surface area contributed by atoms with Crippen LogP contribution in [0.2, 0.25) is 0 Å². The zero-order valence-electron chi connectivity index (χ0n) is 16.4. The number of halogens is 6. The number of carbonyl (C=O) groups is 1. The van der Waals surface area contributed by atoms with Crippen molar-refractivity contribution in [2.24, 2.45) is 0 Å². The summed E-state index contributed by atoms with van der Waals surface area (Å²) in [5, 5.41) is 2.18. The van der Waals surface area contributed by atoms with Gasteiger partial charge in [-0.2, -0.15) is 13.2 Å². The van der Waals surface area contributed by atoms with Crippen LogP contribution < -0.4 is 11.1 Å². The molecule has 0 spiro atoms. The summed E-state index contributed by atoms with van der Waals surface area (Å²) in [6.45, 7) is 4.14. The van der Waals surface area contributed by atoms with E-state index in [1.54, 1.807) is 6.92 Å². The Kier molecular flexibility index (Phi) is 9.15. The molecule has 0 radical (unpaired) electrons. The van der Waals surface area contributed by atoms with E-state index in [0.29, 0.717) is 22.2 Å². The molecular formula is C18H18ClF5N2O3S2. The minimum atomic E-state index is -4.24. The lowest BCUT2D eigenvalue weighted by molar-refractivity contribution is -0.114. The van der Waals surface area contributed by atoms with Gasteiger partial charge in [0.2, 0.25) is 5.91 Å². The molecule has 0 aliphatic rings. The number of alkyl halides is 3. The van der Waals surface area contributed by atoms with Gasteiger partial charge in [-0.15, -0.1) is 11.8 Å². The Morgan fingerprint density at radius 3 is 2.13 bits per heavy atom. The zero-order chi connectivity index (χ0) is 24.1. The third-order valence-electron chi connectivity index (χ3n) is 3.52. The van der Waals surface area contributed by atoms with E-state index in [1.165, 1.54) is 19.9 Å². The number of amides is 1. The van der Waals surface area contributed by atoms with Gasteiger partial charge < -0.3 is 11.1 Å². The molecule has 0 heterocycles. The van der Waals surface area contributed by atoms with Gasteiger partial charge in [-0.3, -0.25) is 4.79 Å². The van der Waals surface area contributed by atoms with Crippen molar-refractivity contribution in [3.63, 3.8) is 0 Å². The number of rotatable bonds is 4. The van der Waals surface area contributed by atoms with Crippen molar-refractivity contribution in [2.45, 2.75) is 36.7 Å². The average Bonchev–Trinajstić information content (AvgIpc) is 2.58. The SMILES string of the molecule is CC(=O)Nc1cc(S(=O)(=O)Cl)c(C)cc1F.Cc1cc(F)c(N)cc1SCC(F)(F)F. The molecule has 1 amide bonds. The van der Waals surface area contributed by atoms with E-state index >= 15 is 0 Å². The largest absolute Gasteiger partial charge is 0.398 e. The van der Waals surface area contributed by atoms with Crippen molar-refractivity contribution in [3.8, 4) is 0 Å². The lowest BCUT2D eigenvalue weighted by atomic mass is 10.2. The molecular weight excluding hydrogens is 487 g/mol. The first-order valence-electron chi connectivity index (χ1n) is 8.29. The van der Waals surface area contributed by atoms with E-state index in [2.05, 4.69) is 5.32 Å². The number of benzene rings is 2. The first-order chi connectivity index (χ1) is 14.0. The predicted molar refractivity (Wildman–Crippen MR) is 111 cm³/mol. The van der Waals surface area contributed by atoms with Gasteiger partial charge in [-0.1, -0.05) is 0 Å². The summed E-state index contributed by atoms with van der Waals surface area (Å²) in [7, 11) is 1.21. The quantitative estimate of drug-likeness (QED) is 0.252. The van der Waals surface area contributed by atoms with Crippen molar-refractivity contribution in [1.29, 1.82) is 0 Å². The molecule has 0 atom stereocenters. The van der Waals surface area contributed by atoms with Crippen LogP contribution in [0.5, 0.6) is 0 Å². The molecule has 0 aromatic heterocycles. The number of hydrogen-bond donors (Lipinski definition) is 2. The maximum absolute atomic E-state index is 13.3. The van der Waals surface area contributed by atoms with Crippen molar-refractivity contribution in [3.05, 3.63) is 47.0 Å². The van der Waals surface area contributed by atoms with Gasteiger partial charge >= 0.3 is 6.18 Å². The van der Waals surface area contributed by atoms with E-state index in [-0.39, 0.29) is 21.8 Å². The number of anilines is 2. The molecule has 2 aromatic rings. The van der Waals surface area contributed by atoms with Crippen molar-refractivity contribution in [1.82, 2.24) is 0 Å². The fourth-order valence-electron chi connectivity index (χ4n) is 2.18. The number of hydrogen-bond acceptors (Lipinski definition) is 5. The topological polar surface area (TPSA) is 89.3 Å². The first kappa shape index (κ1) is 27.0. The maximum Gasteiger partial charge on any atom is 0.398 e. The molecule has 31 heavy (non-hydrogen) atoms. The van der Waals surface area contributed by atoms with Crippen LogP contribution in [-0.2, 0) is 13.8 Å². The maximum atomic E-state index is 13.3. The number of nitrogens with two attached hydrogens (primary N) is 1. The number of nitrogen functional groups attached to an aromatic ring is 1. The second-order valence-electron chi connectivity index (χ2n) is 6.26. The van der Waals surface area contributed by atoms with E-state index in [4.69, 9.17) is 16.4 Å². The fourth-order valence-corrected chi connectivity index (χ4v) is 4.20. The van der Waals surface area contributed by atoms with Gasteiger partial charge in [0.25, 0.3) is 9.05 Å². The van der Waals surface area contributed by atoms with Crippen molar-refractivity contribution < 1.29 is 35.2 Å². The second-order valence-corrected chi connectivity index (χ2v) is 9.81. The molecule has 0 aliphatic heterocycles. The summed E-state index contributed by atoms with van der Waals surface area (Å²) in [6, 6.07) is 4.35. The highest BCUT2D eigenvalue weighted by atomic mass is 35.7. The lowest BCUT2D eigenvalue weighted by Gasteiger charge is -2.09. The molecule has 13 heteroatoms. The monoisotopic (exact) mass is 504 g/mol. The molecule has 0 saturated carbocycles. The van der Waals surface area contributed by atoms with Gasteiger partial charge in [0.05, 0.1) is 22.0 Å². The molecule has 0 fully saturated rings. The van der Waals surface area contributed by atoms with Crippen LogP contribution in [0.1, 0.15) is 18.1 Å². The third kappa shape index (κ3) is 8.91. The van der Waals surface area contributed by atoms with Gasteiger partial charge in [0, 0.05) is 22.5 Å². The molecule has 3 N–H and O–H groups in total. The second kappa shape index (κ2) is 10.5. The van der Waals surface area contributed by atoms with E-state index in [1.807, 2.05) is 0 Å². The Balaban J connectivity index is 0.000000311. The third-order valence-corrected chi connectivity index (χ3v) is 6.21. The Labute approximate surface area is 184 Å². The Hall–Kier alpha value is -2.05. The molecule has 0 unspecified atom stereocenters. The summed E-state index contributed by atoms with van der Waals surface area (Å²) in [5.74, 6) is -2.82. The molecule has 0 aliphatic carbocycles. The van der Waals surface area contributed by atoms with Crippen LogP contribution in [0, 0.1) is 25.5 Å². The molecule has 2 rings (SSSR count). The number of thioether (sulfide) groups is 1. The summed E-state index contributed by atoms with van der Waals surface area (Å²) in [4.78, 5) is 10.9. The lowest BCUT2D eigenvalue weighted by Crippen LogP contribution is -2.10. The van der Waals surface area contributed by atoms with Crippen LogP contribution >= 0.6 is 22.4 Å². The fraction of sp³-hybridized carbons (Fsp3) is 0.278. The van der Waals surface area contributed by atoms with Gasteiger partial charge in [-0.05, 0) is 49.2 Å². The highest BCUT2D eigenvalue weighted by molar-refractivity contribution is 8.13. The number of aryl methyl sites for hydroxylation is 2. The Morgan fingerprint density at radius 1 is 1.10 bits per heavy atom. The van der Waals surface area contributed by atoms with Gasteiger partial charge in [0.1, 0.15) is 11.6 Å². The van der Waals surface area contributed by atoms with Crippen LogP contribution in [0.15, 0.2) is 34.1 Å². The van der Waals surface area contributed by atoms with Crippen molar-refractivity contribution >= 4 is 48.8 Å². The van der Waals surface area contributed by atoms with E-state index in [9.17, 15) is 35.2 Å². The van der Waals surface area contributed by atoms with Crippen LogP contribution in [0.3, 0.4) is 0 Å². The summed E-state index contributed by atoms with van der Waals surface area (Å²) < 4.78 is 84.3. The summed E-state index contributed by atoms with van der Waals surface area (Å²) >= 11 is 0.605. The highest BCUT2D eigenvalue weighted by Gasteiger charge is 2.27. The first-order valence-corrected chi connectivity index (χ1v) is 11.6. The Bertz CT molecular complexity index is 1080. The van der Waals surface area contributed by atoms with Crippen LogP contribution in [0.25, 0.3) is 0 Å². The summed E-state index contributed by atoms with van der Waals surface area (Å²) in [5.41, 5.74) is 5.55. The van der Waals surface area contributed by atoms with Gasteiger partial charge in [0.15, 0.2) is 0 Å². The van der Waals surface area contributed by atoms with Crippen LogP contribution in [0.4, 0.5) is 33.3 Å². The standard InChI is InChI=1S/C9H9ClFNO3S.C9H9F4NS/c1-5-3-7(11)8(12-6(2)13)4-9(5)16(10,14)15;1-5-2-6(10)7(14)3-8(5)15-4-9(11,12)13/h3-4H,1-2H3,(H,12,13);2-3H,4,14H2,1H3. The normalized spacial score (nSPS) is 11.5. The zero-order valence-corrected chi connectivity index (χ0v) is 18.8. The van der Waals surface area contributed by atoms with E-state index < -0.39 is 38.5 Å². The number of carbonyl (C=O) groups excluding carboxylic acids is 1. The highest BCUT2D eigenvalue weighted by Crippen LogP contribution is 2.31. The molecule has 5 nitrogen and oxygen atoms in total.